The lowest BCUT2D eigenvalue weighted by atomic mass is 9.97. The lowest BCUT2D eigenvalue weighted by molar-refractivity contribution is 1.37. The molecule has 0 saturated heterocycles. The third-order valence-corrected chi connectivity index (χ3v) is 2.95. The molecule has 0 atom stereocenters. The zero-order valence-corrected chi connectivity index (χ0v) is 12.9. The molecule has 0 N–H and O–H groups in total. The highest BCUT2D eigenvalue weighted by Crippen LogP contribution is 2.24. The second-order valence-electron chi connectivity index (χ2n) is 4.22. The molecule has 1 heterocycles. The maximum absolute atomic E-state index is 4.37. The minimum atomic E-state index is 1.04. The molecule has 1 heteroatoms. The molecule has 0 spiro atoms. The Kier molecular flexibility index (Phi) is 6.45. The molecule has 20 heavy (non-hydrogen) atoms. The van der Waals surface area contributed by atoms with Crippen molar-refractivity contribution in [2.75, 3.05) is 0 Å². The summed E-state index contributed by atoms with van der Waals surface area (Å²) in [5.74, 6) is 0. The van der Waals surface area contributed by atoms with Crippen molar-refractivity contribution in [1.29, 1.82) is 0 Å². The van der Waals surface area contributed by atoms with E-state index in [4.69, 9.17) is 0 Å². The molecule has 0 fully saturated rings. The molecule has 0 bridgehead atoms. The normalized spacial score (nSPS) is 11.3. The summed E-state index contributed by atoms with van der Waals surface area (Å²) >= 11 is 0. The van der Waals surface area contributed by atoms with Crippen molar-refractivity contribution >= 4 is 16.5 Å². The van der Waals surface area contributed by atoms with Crippen molar-refractivity contribution in [2.45, 2.75) is 27.7 Å². The quantitative estimate of drug-likeness (QED) is 0.647. The Hall–Kier alpha value is -2.15. The van der Waals surface area contributed by atoms with Crippen molar-refractivity contribution in [2.24, 2.45) is 0 Å². The number of rotatable bonds is 3. The molecule has 0 aliphatic rings. The number of hydrogen-bond donors (Lipinski definition) is 0. The molecular weight excluding hydrogens is 242 g/mol. The first-order valence-corrected chi connectivity index (χ1v) is 7.07. The Labute approximate surface area is 122 Å². The van der Waals surface area contributed by atoms with Gasteiger partial charge in [0.2, 0.25) is 0 Å². The van der Waals surface area contributed by atoms with Crippen molar-refractivity contribution in [3.05, 3.63) is 72.5 Å². The van der Waals surface area contributed by atoms with Crippen LogP contribution >= 0.6 is 0 Å². The van der Waals surface area contributed by atoms with Crippen LogP contribution in [0.15, 0.2) is 61.3 Å². The second-order valence-corrected chi connectivity index (χ2v) is 4.22. The molecule has 2 rings (SSSR count). The van der Waals surface area contributed by atoms with E-state index in [1.807, 2.05) is 51.3 Å². The highest BCUT2D eigenvalue weighted by Gasteiger charge is 2.04. The van der Waals surface area contributed by atoms with Crippen LogP contribution in [0.25, 0.3) is 16.5 Å². The van der Waals surface area contributed by atoms with Gasteiger partial charge in [-0.2, -0.15) is 0 Å². The van der Waals surface area contributed by atoms with Crippen molar-refractivity contribution in [1.82, 2.24) is 4.98 Å². The van der Waals surface area contributed by atoms with Gasteiger partial charge in [0.25, 0.3) is 0 Å². The van der Waals surface area contributed by atoms with Gasteiger partial charge in [-0.15, -0.1) is 0 Å². The van der Waals surface area contributed by atoms with Crippen molar-refractivity contribution in [3.8, 4) is 0 Å². The van der Waals surface area contributed by atoms with Gasteiger partial charge in [0.15, 0.2) is 0 Å². The largest absolute Gasteiger partial charge is 0.256 e. The van der Waals surface area contributed by atoms with Gasteiger partial charge in [-0.1, -0.05) is 50.8 Å². The van der Waals surface area contributed by atoms with Gasteiger partial charge in [0, 0.05) is 11.6 Å². The summed E-state index contributed by atoms with van der Waals surface area (Å²) in [6.45, 7) is 12.0. The maximum Gasteiger partial charge on any atom is 0.0705 e. The highest BCUT2D eigenvalue weighted by molar-refractivity contribution is 5.87. The van der Waals surface area contributed by atoms with Crippen LogP contribution in [0.2, 0.25) is 0 Å². The van der Waals surface area contributed by atoms with Crippen LogP contribution in [0.5, 0.6) is 0 Å². The highest BCUT2D eigenvalue weighted by atomic mass is 14.6. The van der Waals surface area contributed by atoms with E-state index in [0.717, 1.165) is 16.5 Å². The number of pyridine rings is 1. The summed E-state index contributed by atoms with van der Waals surface area (Å²) in [5.41, 5.74) is 4.60. The third kappa shape index (κ3) is 3.67. The van der Waals surface area contributed by atoms with E-state index in [1.54, 1.807) is 0 Å². The third-order valence-electron chi connectivity index (χ3n) is 2.95. The number of aromatic nitrogens is 1. The first kappa shape index (κ1) is 15.9. The van der Waals surface area contributed by atoms with E-state index in [9.17, 15) is 0 Å². The molecular formula is C19H23N. The SMILES string of the molecule is C=C/C(=C\C=C/C)c1cc2cccnc2cc1C.CC. The average molecular weight is 265 g/mol. The van der Waals surface area contributed by atoms with Crippen LogP contribution in [-0.2, 0) is 0 Å². The molecule has 1 nitrogen and oxygen atoms in total. The van der Waals surface area contributed by atoms with Gasteiger partial charge in [-0.05, 0) is 48.7 Å². The van der Waals surface area contributed by atoms with Gasteiger partial charge < -0.3 is 0 Å². The predicted octanol–water partition coefficient (Wildman–Crippen LogP) is 5.71. The molecule has 1 aromatic carbocycles. The number of hydrogen-bond acceptors (Lipinski definition) is 1. The van der Waals surface area contributed by atoms with Crippen LogP contribution in [0.4, 0.5) is 0 Å². The number of fused-ring (bicyclic) bond motifs is 1. The monoisotopic (exact) mass is 265 g/mol. The number of allylic oxidation sites excluding steroid dienone is 5. The molecule has 0 amide bonds. The van der Waals surface area contributed by atoms with Crippen LogP contribution in [0.1, 0.15) is 31.9 Å². The standard InChI is InChI=1S/C17H17N.C2H6/c1-4-6-8-14(5-2)16-12-15-9-7-10-18-17(15)11-13(16)3;1-2/h4-12H,2H2,1,3H3;1-2H3/b6-4-,14-8+;. The molecule has 1 aromatic heterocycles. The summed E-state index contributed by atoms with van der Waals surface area (Å²) in [7, 11) is 0. The van der Waals surface area contributed by atoms with E-state index < -0.39 is 0 Å². The van der Waals surface area contributed by atoms with Crippen molar-refractivity contribution in [3.63, 3.8) is 0 Å². The van der Waals surface area contributed by atoms with Crippen LogP contribution in [-0.4, -0.2) is 4.98 Å². The summed E-state index contributed by atoms with van der Waals surface area (Å²) in [6.07, 6.45) is 9.85. The fraction of sp³-hybridized carbons (Fsp3) is 0.211. The lowest BCUT2D eigenvalue weighted by Crippen LogP contribution is -1.89. The molecule has 0 aliphatic heterocycles. The van der Waals surface area contributed by atoms with Gasteiger partial charge in [0.05, 0.1) is 5.52 Å². The van der Waals surface area contributed by atoms with Crippen molar-refractivity contribution < 1.29 is 0 Å². The first-order valence-electron chi connectivity index (χ1n) is 7.07. The molecule has 0 unspecified atom stereocenters. The second kappa shape index (κ2) is 8.11. The summed E-state index contributed by atoms with van der Waals surface area (Å²) in [6, 6.07) is 8.35. The Morgan fingerprint density at radius 3 is 2.65 bits per heavy atom. The number of nitrogens with zero attached hydrogens (tertiary/aromatic N) is 1. The minimum absolute atomic E-state index is 1.04. The van der Waals surface area contributed by atoms with Gasteiger partial charge in [-0.3, -0.25) is 4.98 Å². The first-order chi connectivity index (χ1) is 9.76. The van der Waals surface area contributed by atoms with E-state index in [-0.39, 0.29) is 0 Å². The van der Waals surface area contributed by atoms with Crippen LogP contribution in [0.3, 0.4) is 0 Å². The molecule has 0 saturated carbocycles. The number of aryl methyl sites for hydroxylation is 1. The van der Waals surface area contributed by atoms with Gasteiger partial charge >= 0.3 is 0 Å². The zero-order chi connectivity index (χ0) is 15.0. The maximum atomic E-state index is 4.37. The number of benzene rings is 1. The van der Waals surface area contributed by atoms with Gasteiger partial charge in [-0.25, -0.2) is 0 Å². The van der Waals surface area contributed by atoms with Gasteiger partial charge in [0.1, 0.15) is 0 Å². The fourth-order valence-corrected chi connectivity index (χ4v) is 2.00. The summed E-state index contributed by atoms with van der Waals surface area (Å²) in [4.78, 5) is 4.37. The average Bonchev–Trinajstić information content (AvgIpc) is 2.50. The lowest BCUT2D eigenvalue weighted by Gasteiger charge is -2.08. The Balaban J connectivity index is 0.000000956. The zero-order valence-electron chi connectivity index (χ0n) is 12.9. The van der Waals surface area contributed by atoms with Crippen LogP contribution < -0.4 is 0 Å². The smallest absolute Gasteiger partial charge is 0.0705 e. The van der Waals surface area contributed by atoms with E-state index in [1.165, 1.54) is 11.1 Å². The fourth-order valence-electron chi connectivity index (χ4n) is 2.00. The Morgan fingerprint density at radius 2 is 2.00 bits per heavy atom. The topological polar surface area (TPSA) is 12.9 Å². The molecule has 0 radical (unpaired) electrons. The minimum Gasteiger partial charge on any atom is -0.256 e. The Bertz CT molecular complexity index is 633. The van der Waals surface area contributed by atoms with E-state index in [2.05, 4.69) is 42.8 Å². The summed E-state index contributed by atoms with van der Waals surface area (Å²) in [5, 5.41) is 1.16. The molecule has 0 aliphatic carbocycles. The van der Waals surface area contributed by atoms with E-state index >= 15 is 0 Å². The van der Waals surface area contributed by atoms with E-state index in [0.29, 0.717) is 0 Å². The molecule has 2 aromatic rings. The predicted molar refractivity (Wildman–Crippen MR) is 90.8 cm³/mol. The molecule has 104 valence electrons. The Morgan fingerprint density at radius 1 is 1.25 bits per heavy atom. The summed E-state index contributed by atoms with van der Waals surface area (Å²) < 4.78 is 0. The van der Waals surface area contributed by atoms with Crippen LogP contribution in [0, 0.1) is 6.92 Å².